The molecule has 0 atom stereocenters. The van der Waals surface area contributed by atoms with Crippen molar-refractivity contribution in [1.29, 1.82) is 0 Å². The lowest BCUT2D eigenvalue weighted by molar-refractivity contribution is -0.143. The zero-order valence-corrected chi connectivity index (χ0v) is 10.4. The van der Waals surface area contributed by atoms with Crippen LogP contribution in [0.3, 0.4) is 0 Å². The highest BCUT2D eigenvalue weighted by atomic mass is 16.2. The fraction of sp³-hybridized carbons (Fsp3) is 0.833. The maximum absolute atomic E-state index is 12.0. The van der Waals surface area contributed by atoms with E-state index in [4.69, 9.17) is 0 Å². The van der Waals surface area contributed by atoms with Crippen LogP contribution in [0.1, 0.15) is 26.2 Å². The van der Waals surface area contributed by atoms with Crippen molar-refractivity contribution in [1.82, 2.24) is 15.1 Å². The molecule has 0 aliphatic carbocycles. The molecule has 17 heavy (non-hydrogen) atoms. The van der Waals surface area contributed by atoms with Crippen molar-refractivity contribution in [3.8, 4) is 0 Å². The predicted octanol–water partition coefficient (Wildman–Crippen LogP) is -0.181. The molecule has 5 nitrogen and oxygen atoms in total. The van der Waals surface area contributed by atoms with E-state index in [-0.39, 0.29) is 11.8 Å². The summed E-state index contributed by atoms with van der Waals surface area (Å²) in [5.74, 6) is -0.0222. The molecule has 1 N–H and O–H groups in total. The summed E-state index contributed by atoms with van der Waals surface area (Å²) in [6, 6.07) is 0.469. The van der Waals surface area contributed by atoms with Gasteiger partial charge in [-0.2, -0.15) is 0 Å². The van der Waals surface area contributed by atoms with Crippen LogP contribution in [0.2, 0.25) is 0 Å². The summed E-state index contributed by atoms with van der Waals surface area (Å²) in [6.45, 7) is 5.97. The Hall–Kier alpha value is -0.940. The second kappa shape index (κ2) is 5.60. The molecule has 0 bridgehead atoms. The van der Waals surface area contributed by atoms with Gasteiger partial charge in [-0.15, -0.1) is 0 Å². The molecule has 0 aromatic rings. The number of nitrogens with zero attached hydrogens (tertiary/aromatic N) is 2. The molecule has 2 amide bonds. The van der Waals surface area contributed by atoms with Gasteiger partial charge < -0.3 is 5.32 Å². The number of rotatable bonds is 5. The van der Waals surface area contributed by atoms with Gasteiger partial charge in [-0.1, -0.05) is 6.92 Å². The van der Waals surface area contributed by atoms with Crippen LogP contribution in [0.4, 0.5) is 0 Å². The topological polar surface area (TPSA) is 52.7 Å². The van der Waals surface area contributed by atoms with E-state index >= 15 is 0 Å². The first-order chi connectivity index (χ1) is 8.22. The molecule has 5 heteroatoms. The highest BCUT2D eigenvalue weighted by Crippen LogP contribution is 2.12. The van der Waals surface area contributed by atoms with E-state index in [1.54, 1.807) is 0 Å². The Morgan fingerprint density at radius 3 is 2.76 bits per heavy atom. The maximum atomic E-state index is 12.0. The Balaban J connectivity index is 1.87. The van der Waals surface area contributed by atoms with Crippen molar-refractivity contribution in [2.24, 2.45) is 0 Å². The van der Waals surface area contributed by atoms with E-state index < -0.39 is 0 Å². The minimum absolute atomic E-state index is 0.00168. The minimum atomic E-state index is -0.0205. The molecule has 2 rings (SSSR count). The lowest BCUT2D eigenvalue weighted by Crippen LogP contribution is -2.59. The van der Waals surface area contributed by atoms with Crippen LogP contribution in [-0.2, 0) is 9.59 Å². The lowest BCUT2D eigenvalue weighted by Gasteiger charge is -2.38. The molecule has 0 radical (unpaired) electrons. The number of carbonyl (C=O) groups is 2. The fourth-order valence-electron chi connectivity index (χ4n) is 2.38. The molecule has 0 unspecified atom stereocenters. The van der Waals surface area contributed by atoms with E-state index in [1.165, 1.54) is 4.90 Å². The Morgan fingerprint density at radius 1 is 1.53 bits per heavy atom. The zero-order valence-electron chi connectivity index (χ0n) is 10.4. The van der Waals surface area contributed by atoms with Gasteiger partial charge in [0.2, 0.25) is 11.8 Å². The molecule has 0 aromatic heterocycles. The number of imide groups is 1. The van der Waals surface area contributed by atoms with Crippen LogP contribution < -0.4 is 5.32 Å². The average molecular weight is 239 g/mol. The first-order valence-corrected chi connectivity index (χ1v) is 6.50. The molecule has 2 saturated heterocycles. The van der Waals surface area contributed by atoms with Crippen LogP contribution in [0.25, 0.3) is 0 Å². The van der Waals surface area contributed by atoms with Crippen LogP contribution in [-0.4, -0.2) is 60.4 Å². The van der Waals surface area contributed by atoms with Crippen molar-refractivity contribution in [2.45, 2.75) is 32.2 Å². The molecule has 0 saturated carbocycles. The Labute approximate surface area is 102 Å². The SMILES string of the molecule is CCCN(CC(=O)N1CCCC1=O)C1CNC1. The third-order valence-electron chi connectivity index (χ3n) is 3.50. The number of likely N-dealkylation sites (tertiary alicyclic amines) is 1. The van der Waals surface area contributed by atoms with Gasteiger partial charge in [-0.3, -0.25) is 19.4 Å². The van der Waals surface area contributed by atoms with Gasteiger partial charge in [-0.05, 0) is 19.4 Å². The number of amides is 2. The van der Waals surface area contributed by atoms with E-state index in [0.717, 1.165) is 32.5 Å². The summed E-state index contributed by atoms with van der Waals surface area (Å²) in [6.07, 6.45) is 2.39. The van der Waals surface area contributed by atoms with Gasteiger partial charge in [0, 0.05) is 32.1 Å². The molecule has 0 spiro atoms. The summed E-state index contributed by atoms with van der Waals surface area (Å²) >= 11 is 0. The monoisotopic (exact) mass is 239 g/mol. The molecule has 2 aliphatic rings. The van der Waals surface area contributed by atoms with Crippen LogP contribution in [0, 0.1) is 0 Å². The normalized spacial score (nSPS) is 21.1. The van der Waals surface area contributed by atoms with Crippen molar-refractivity contribution >= 4 is 11.8 Å². The highest BCUT2D eigenvalue weighted by Gasteiger charge is 2.30. The molecular weight excluding hydrogens is 218 g/mol. The van der Waals surface area contributed by atoms with Gasteiger partial charge in [0.25, 0.3) is 0 Å². The van der Waals surface area contributed by atoms with Crippen molar-refractivity contribution in [3.05, 3.63) is 0 Å². The number of hydrogen-bond donors (Lipinski definition) is 1. The van der Waals surface area contributed by atoms with E-state index in [9.17, 15) is 9.59 Å². The largest absolute Gasteiger partial charge is 0.314 e. The maximum Gasteiger partial charge on any atom is 0.243 e. The summed E-state index contributed by atoms with van der Waals surface area (Å²) in [5.41, 5.74) is 0. The quantitative estimate of drug-likeness (QED) is 0.723. The van der Waals surface area contributed by atoms with E-state index in [0.29, 0.717) is 25.6 Å². The average Bonchev–Trinajstić information content (AvgIpc) is 2.62. The Morgan fingerprint density at radius 2 is 2.29 bits per heavy atom. The molecular formula is C12H21N3O2. The summed E-state index contributed by atoms with van der Waals surface area (Å²) in [5, 5.41) is 3.22. The lowest BCUT2D eigenvalue weighted by atomic mass is 10.1. The summed E-state index contributed by atoms with van der Waals surface area (Å²) < 4.78 is 0. The molecule has 0 aromatic carbocycles. The van der Waals surface area contributed by atoms with E-state index in [2.05, 4.69) is 17.1 Å². The van der Waals surface area contributed by atoms with Gasteiger partial charge >= 0.3 is 0 Å². The van der Waals surface area contributed by atoms with Crippen LogP contribution >= 0.6 is 0 Å². The smallest absolute Gasteiger partial charge is 0.243 e. The van der Waals surface area contributed by atoms with Crippen molar-refractivity contribution in [2.75, 3.05) is 32.7 Å². The molecule has 2 heterocycles. The third kappa shape index (κ3) is 2.84. The van der Waals surface area contributed by atoms with Crippen molar-refractivity contribution < 1.29 is 9.59 Å². The molecule has 2 aliphatic heterocycles. The van der Waals surface area contributed by atoms with Gasteiger partial charge in [0.1, 0.15) is 0 Å². The number of carbonyl (C=O) groups excluding carboxylic acids is 2. The second-order valence-corrected chi connectivity index (χ2v) is 4.83. The molecule has 2 fully saturated rings. The first kappa shape index (κ1) is 12.5. The summed E-state index contributed by atoms with van der Waals surface area (Å²) in [7, 11) is 0. The Kier molecular flexibility index (Phi) is 4.12. The fourth-order valence-corrected chi connectivity index (χ4v) is 2.38. The first-order valence-electron chi connectivity index (χ1n) is 6.50. The highest BCUT2D eigenvalue weighted by molar-refractivity contribution is 5.97. The molecule has 96 valence electrons. The standard InChI is InChI=1S/C12H21N3O2/c1-2-5-14(10-7-13-8-10)9-12(17)15-6-3-4-11(15)16/h10,13H,2-9H2,1H3. The predicted molar refractivity (Wildman–Crippen MR) is 64.5 cm³/mol. The zero-order chi connectivity index (χ0) is 12.3. The minimum Gasteiger partial charge on any atom is -0.314 e. The van der Waals surface area contributed by atoms with Gasteiger partial charge in [0.15, 0.2) is 0 Å². The van der Waals surface area contributed by atoms with E-state index in [1.807, 2.05) is 0 Å². The van der Waals surface area contributed by atoms with Crippen LogP contribution in [0.5, 0.6) is 0 Å². The van der Waals surface area contributed by atoms with Gasteiger partial charge in [0.05, 0.1) is 6.54 Å². The van der Waals surface area contributed by atoms with Crippen molar-refractivity contribution in [3.63, 3.8) is 0 Å². The third-order valence-corrected chi connectivity index (χ3v) is 3.50. The number of nitrogens with one attached hydrogen (secondary N) is 1. The van der Waals surface area contributed by atoms with Gasteiger partial charge in [-0.25, -0.2) is 0 Å². The second-order valence-electron chi connectivity index (χ2n) is 4.83. The Bertz CT molecular complexity index is 302. The summed E-state index contributed by atoms with van der Waals surface area (Å²) in [4.78, 5) is 27.1. The van der Waals surface area contributed by atoms with Crippen LogP contribution in [0.15, 0.2) is 0 Å². The number of hydrogen-bond acceptors (Lipinski definition) is 4.